The number of benzene rings is 1. The maximum Gasteiger partial charge on any atom is 0.142 e. The standard InChI is InChI=1S/C16H15N5/c1-11(2)13-9-16(19-10-18-13)21-14-6-4-3-5-12(14)20-15(21)7-8-17/h3-6,9-11H,7H2,1-2H3. The molecule has 104 valence electrons. The lowest BCUT2D eigenvalue weighted by Gasteiger charge is -2.09. The Bertz CT molecular complexity index is 826. The maximum atomic E-state index is 9.02. The average Bonchev–Trinajstić information content (AvgIpc) is 2.85. The predicted molar refractivity (Wildman–Crippen MR) is 80.1 cm³/mol. The minimum atomic E-state index is 0.246. The van der Waals surface area contributed by atoms with Crippen molar-refractivity contribution in [3.8, 4) is 11.9 Å². The molecule has 0 saturated carbocycles. The van der Waals surface area contributed by atoms with Gasteiger partial charge in [0.25, 0.3) is 0 Å². The summed E-state index contributed by atoms with van der Waals surface area (Å²) < 4.78 is 1.94. The second-order valence-corrected chi connectivity index (χ2v) is 5.14. The molecule has 0 aliphatic heterocycles. The number of nitrogens with zero attached hydrogens (tertiary/aromatic N) is 5. The van der Waals surface area contributed by atoms with Gasteiger partial charge in [-0.15, -0.1) is 0 Å². The SMILES string of the molecule is CC(C)c1cc(-n2c(CC#N)nc3ccccc32)ncn1. The second kappa shape index (κ2) is 5.33. The van der Waals surface area contributed by atoms with Gasteiger partial charge in [0.15, 0.2) is 0 Å². The Morgan fingerprint density at radius 2 is 2.05 bits per heavy atom. The second-order valence-electron chi connectivity index (χ2n) is 5.14. The summed E-state index contributed by atoms with van der Waals surface area (Å²) in [6.07, 6.45) is 1.81. The van der Waals surface area contributed by atoms with Gasteiger partial charge < -0.3 is 0 Å². The minimum Gasteiger partial charge on any atom is -0.279 e. The van der Waals surface area contributed by atoms with Crippen LogP contribution >= 0.6 is 0 Å². The normalized spacial score (nSPS) is 11.0. The summed E-state index contributed by atoms with van der Waals surface area (Å²) in [6.45, 7) is 4.18. The third-order valence-corrected chi connectivity index (χ3v) is 3.36. The van der Waals surface area contributed by atoms with E-state index in [0.717, 1.165) is 22.5 Å². The van der Waals surface area contributed by atoms with Gasteiger partial charge in [-0.05, 0) is 18.1 Å². The summed E-state index contributed by atoms with van der Waals surface area (Å²) in [4.78, 5) is 13.2. The van der Waals surface area contributed by atoms with Gasteiger partial charge >= 0.3 is 0 Å². The molecule has 0 amide bonds. The summed E-state index contributed by atoms with van der Waals surface area (Å²) in [5.74, 6) is 1.78. The highest BCUT2D eigenvalue weighted by Gasteiger charge is 2.14. The van der Waals surface area contributed by atoms with Gasteiger partial charge in [0.2, 0.25) is 0 Å². The fraction of sp³-hybridized carbons (Fsp3) is 0.250. The van der Waals surface area contributed by atoms with Crippen molar-refractivity contribution in [2.45, 2.75) is 26.2 Å². The van der Waals surface area contributed by atoms with Crippen molar-refractivity contribution >= 4 is 11.0 Å². The van der Waals surface area contributed by atoms with Crippen molar-refractivity contribution in [3.05, 3.63) is 48.2 Å². The number of nitriles is 1. The van der Waals surface area contributed by atoms with Crippen molar-refractivity contribution in [2.24, 2.45) is 0 Å². The van der Waals surface area contributed by atoms with E-state index in [1.54, 1.807) is 6.33 Å². The van der Waals surface area contributed by atoms with Gasteiger partial charge in [0, 0.05) is 11.8 Å². The van der Waals surface area contributed by atoms with E-state index in [9.17, 15) is 0 Å². The van der Waals surface area contributed by atoms with Crippen LogP contribution in [0.1, 0.15) is 31.3 Å². The molecule has 2 aromatic heterocycles. The molecule has 1 aromatic carbocycles. The summed E-state index contributed by atoms with van der Waals surface area (Å²) in [5.41, 5.74) is 2.80. The topological polar surface area (TPSA) is 67.4 Å². The molecular formula is C16H15N5. The zero-order valence-electron chi connectivity index (χ0n) is 12.0. The molecule has 0 spiro atoms. The molecule has 5 heteroatoms. The van der Waals surface area contributed by atoms with Crippen LogP contribution in [0.2, 0.25) is 0 Å². The first-order valence-corrected chi connectivity index (χ1v) is 6.86. The predicted octanol–water partition coefficient (Wildman–Crippen LogP) is 3.00. The van der Waals surface area contributed by atoms with Gasteiger partial charge in [-0.25, -0.2) is 15.0 Å². The van der Waals surface area contributed by atoms with E-state index < -0.39 is 0 Å². The van der Waals surface area contributed by atoms with Crippen molar-refractivity contribution in [1.29, 1.82) is 5.26 Å². The molecule has 0 saturated heterocycles. The highest BCUT2D eigenvalue weighted by atomic mass is 15.1. The summed E-state index contributed by atoms with van der Waals surface area (Å²) in [7, 11) is 0. The first-order valence-electron chi connectivity index (χ1n) is 6.86. The maximum absolute atomic E-state index is 9.02. The Kier molecular flexibility index (Phi) is 3.36. The fourth-order valence-electron chi connectivity index (χ4n) is 2.32. The van der Waals surface area contributed by atoms with Crippen LogP contribution in [0.5, 0.6) is 0 Å². The highest BCUT2D eigenvalue weighted by Crippen LogP contribution is 2.22. The van der Waals surface area contributed by atoms with Crippen LogP contribution in [0, 0.1) is 11.3 Å². The number of para-hydroxylation sites is 2. The quantitative estimate of drug-likeness (QED) is 0.738. The summed E-state index contributed by atoms with van der Waals surface area (Å²) >= 11 is 0. The highest BCUT2D eigenvalue weighted by molar-refractivity contribution is 5.77. The molecule has 0 atom stereocenters. The lowest BCUT2D eigenvalue weighted by molar-refractivity contribution is 0.801. The first kappa shape index (κ1) is 13.3. The van der Waals surface area contributed by atoms with Gasteiger partial charge in [-0.2, -0.15) is 5.26 Å². The van der Waals surface area contributed by atoms with E-state index in [1.807, 2.05) is 34.9 Å². The van der Waals surface area contributed by atoms with Gasteiger partial charge in [0.1, 0.15) is 18.0 Å². The van der Waals surface area contributed by atoms with Gasteiger partial charge in [-0.3, -0.25) is 4.57 Å². The van der Waals surface area contributed by atoms with E-state index in [0.29, 0.717) is 11.7 Å². The smallest absolute Gasteiger partial charge is 0.142 e. The van der Waals surface area contributed by atoms with E-state index in [2.05, 4.69) is 34.9 Å². The van der Waals surface area contributed by atoms with E-state index in [1.165, 1.54) is 0 Å². The van der Waals surface area contributed by atoms with Crippen LogP contribution in [0.15, 0.2) is 36.7 Å². The summed E-state index contributed by atoms with van der Waals surface area (Å²) in [5, 5.41) is 9.02. The van der Waals surface area contributed by atoms with E-state index in [4.69, 9.17) is 5.26 Å². The molecule has 3 aromatic rings. The molecule has 0 bridgehead atoms. The Labute approximate surface area is 122 Å². The Hall–Kier alpha value is -2.74. The van der Waals surface area contributed by atoms with Crippen LogP contribution in [0.4, 0.5) is 0 Å². The molecular weight excluding hydrogens is 262 g/mol. The van der Waals surface area contributed by atoms with E-state index >= 15 is 0 Å². The number of rotatable bonds is 3. The largest absolute Gasteiger partial charge is 0.279 e. The minimum absolute atomic E-state index is 0.246. The van der Waals surface area contributed by atoms with Gasteiger partial charge in [0.05, 0.1) is 23.5 Å². The third kappa shape index (κ3) is 2.36. The molecule has 0 fully saturated rings. The van der Waals surface area contributed by atoms with Crippen LogP contribution < -0.4 is 0 Å². The van der Waals surface area contributed by atoms with E-state index in [-0.39, 0.29) is 6.42 Å². The van der Waals surface area contributed by atoms with Crippen LogP contribution in [-0.4, -0.2) is 19.5 Å². The monoisotopic (exact) mass is 277 g/mol. The molecule has 0 aliphatic rings. The molecule has 3 rings (SSSR count). The summed E-state index contributed by atoms with van der Waals surface area (Å²) in [6, 6.07) is 12.0. The fourth-order valence-corrected chi connectivity index (χ4v) is 2.32. The Morgan fingerprint density at radius 3 is 2.81 bits per heavy atom. The molecule has 0 N–H and O–H groups in total. The lowest BCUT2D eigenvalue weighted by Crippen LogP contribution is -2.05. The van der Waals surface area contributed by atoms with Crippen LogP contribution in [0.25, 0.3) is 16.9 Å². The number of hydrogen-bond donors (Lipinski definition) is 0. The lowest BCUT2D eigenvalue weighted by atomic mass is 10.1. The number of fused-ring (bicyclic) bond motifs is 1. The molecule has 0 aliphatic carbocycles. The van der Waals surface area contributed by atoms with Crippen molar-refractivity contribution in [2.75, 3.05) is 0 Å². The zero-order chi connectivity index (χ0) is 14.8. The molecule has 0 radical (unpaired) electrons. The number of hydrogen-bond acceptors (Lipinski definition) is 4. The van der Waals surface area contributed by atoms with Gasteiger partial charge in [-0.1, -0.05) is 26.0 Å². The molecule has 21 heavy (non-hydrogen) atoms. The van der Waals surface area contributed by atoms with Crippen LogP contribution in [0.3, 0.4) is 0 Å². The van der Waals surface area contributed by atoms with Crippen molar-refractivity contribution < 1.29 is 0 Å². The van der Waals surface area contributed by atoms with Crippen LogP contribution in [-0.2, 0) is 6.42 Å². The number of aromatic nitrogens is 4. The Morgan fingerprint density at radius 1 is 1.24 bits per heavy atom. The molecule has 0 unspecified atom stereocenters. The molecule has 5 nitrogen and oxygen atoms in total. The van der Waals surface area contributed by atoms with Crippen molar-refractivity contribution in [1.82, 2.24) is 19.5 Å². The first-order chi connectivity index (χ1) is 10.2. The number of imidazole rings is 1. The van der Waals surface area contributed by atoms with Crippen molar-refractivity contribution in [3.63, 3.8) is 0 Å². The average molecular weight is 277 g/mol. The zero-order valence-corrected chi connectivity index (χ0v) is 12.0. The Balaban J connectivity index is 2.25. The third-order valence-electron chi connectivity index (χ3n) is 3.36. The molecule has 2 heterocycles.